The Morgan fingerprint density at radius 1 is 0.408 bits per heavy atom. The van der Waals surface area contributed by atoms with Crippen molar-refractivity contribution < 1.29 is 45.9 Å². The molecule has 0 aliphatic rings. The van der Waals surface area contributed by atoms with Crippen LogP contribution in [0.15, 0.2) is 205 Å². The first-order valence-corrected chi connectivity index (χ1v) is 24.7. The van der Waals surface area contributed by atoms with Crippen LogP contribution in [0.25, 0.3) is 75.9 Å². The van der Waals surface area contributed by atoms with Crippen LogP contribution in [-0.2, 0) is 26.2 Å². The second-order valence-corrected chi connectivity index (χ2v) is 18.6. The molecule has 9 heteroatoms. The predicted octanol–water partition coefficient (Wildman–Crippen LogP) is 16.5. The third-order valence-electron chi connectivity index (χ3n) is 12.1. The summed E-state index contributed by atoms with van der Waals surface area (Å²) in [6.45, 7) is 11.6. The number of benzene rings is 8. The summed E-state index contributed by atoms with van der Waals surface area (Å²) in [5.74, 6) is 2.37. The van der Waals surface area contributed by atoms with Gasteiger partial charge in [-0.1, -0.05) is 84.9 Å². The minimum atomic E-state index is 0. The molecule has 0 bridgehead atoms. The van der Waals surface area contributed by atoms with Crippen molar-refractivity contribution in [2.45, 2.75) is 13.8 Å². The Morgan fingerprint density at radius 2 is 0.704 bits per heavy atom. The zero-order valence-corrected chi connectivity index (χ0v) is 44.1. The smallest absolute Gasteiger partial charge is 0.273 e. The Bertz CT molecular complexity index is 3370. The minimum Gasteiger partial charge on any atom is -0.584 e. The fourth-order valence-electron chi connectivity index (χ4n) is 8.89. The van der Waals surface area contributed by atoms with Gasteiger partial charge in [0.2, 0.25) is 0 Å². The number of hydrogen-bond acceptors (Lipinski definition) is 4. The minimum absolute atomic E-state index is 0. The van der Waals surface area contributed by atoms with E-state index in [2.05, 4.69) is 119 Å². The van der Waals surface area contributed by atoms with Crippen molar-refractivity contribution >= 4 is 66.3 Å². The Labute approximate surface area is 442 Å². The van der Waals surface area contributed by atoms with Crippen LogP contribution in [-0.4, -0.2) is 43.0 Å². The average Bonchev–Trinajstić information content (AvgIpc) is 4.20. The fraction of sp³-hybridized carbons (Fsp3) is 0.0645. The molecule has 12 aromatic rings. The maximum absolute atomic E-state index is 11.3. The summed E-state index contributed by atoms with van der Waals surface area (Å²) in [6, 6.07) is 65.2. The summed E-state index contributed by atoms with van der Waals surface area (Å²) in [5.41, 5.74) is 11.9. The summed E-state index contributed by atoms with van der Waals surface area (Å²) in [7, 11) is 3.57. The second-order valence-electron chi connectivity index (χ2n) is 16.8. The van der Waals surface area contributed by atoms with Gasteiger partial charge >= 0.3 is 0 Å². The van der Waals surface area contributed by atoms with E-state index in [1.807, 2.05) is 132 Å². The first kappa shape index (κ1) is 50.0. The van der Waals surface area contributed by atoms with Crippen LogP contribution in [0, 0.1) is 27.7 Å². The molecular weight excluding hydrogens is 992 g/mol. The molecule has 4 N–H and O–H groups in total. The van der Waals surface area contributed by atoms with Gasteiger partial charge in [0.15, 0.2) is 14.2 Å². The number of phenolic OH excluding ortho intramolecular Hbond substituents is 2. The van der Waals surface area contributed by atoms with E-state index in [1.54, 1.807) is 36.9 Å². The number of hydrogen-bond donors (Lipinski definition) is 2. The molecule has 0 radical (unpaired) electrons. The Morgan fingerprint density at radius 3 is 0.986 bits per heavy atom. The van der Waals surface area contributed by atoms with Crippen LogP contribution in [0.1, 0.15) is 22.3 Å². The number of aliphatic hydroxyl groups is 2. The van der Waals surface area contributed by atoms with Crippen molar-refractivity contribution in [3.63, 3.8) is 0 Å². The molecule has 0 unspecified atom stereocenters. The molecule has 0 atom stereocenters. The number of para-hydroxylation sites is 4. The molecular formula is C62H54N2O4S2Zr. The summed E-state index contributed by atoms with van der Waals surface area (Å²) in [6.07, 6.45) is 0. The first-order valence-electron chi connectivity index (χ1n) is 22.9. The van der Waals surface area contributed by atoms with Gasteiger partial charge in [-0.05, 0) is 73.5 Å². The zero-order chi connectivity index (χ0) is 48.7. The molecule has 0 aliphatic carbocycles. The molecule has 4 aromatic heterocycles. The number of aromatic hydroxyl groups is 4. The standard InChI is InChI=1S/2C24H19NO2S.2C7H7.Zr/c2*1-15-13-18(24-22(27-2)11-12-28-24)23(26)21(14-15)25-19-9-5-3-7-16(19)17-8-4-6-10-20(17)25;2*1-7-5-3-2-4-6-7;/h2*3-14,26H,1-2H3;2*2-6H,1H2;/q;;2*-1;/p+2. The van der Waals surface area contributed by atoms with Crippen molar-refractivity contribution in [1.29, 1.82) is 0 Å². The molecule has 0 saturated carbocycles. The predicted molar refractivity (Wildman–Crippen MR) is 298 cm³/mol. The molecule has 0 fully saturated rings. The van der Waals surface area contributed by atoms with E-state index in [4.69, 9.17) is 0 Å². The number of aromatic nitrogens is 2. The van der Waals surface area contributed by atoms with Crippen molar-refractivity contribution in [2.75, 3.05) is 14.2 Å². The quantitative estimate of drug-likeness (QED) is 0.129. The molecule has 0 amide bonds. The zero-order valence-electron chi connectivity index (χ0n) is 40.0. The third kappa shape index (κ3) is 10.4. The van der Waals surface area contributed by atoms with Gasteiger partial charge in [0.05, 0.1) is 33.4 Å². The molecule has 352 valence electrons. The Balaban J connectivity index is 0.000000148. The number of ether oxygens (including phenoxy) is 2. The van der Waals surface area contributed by atoms with E-state index >= 15 is 0 Å². The van der Waals surface area contributed by atoms with Crippen molar-refractivity contribution in [1.82, 2.24) is 9.13 Å². The molecule has 8 aromatic carbocycles. The maximum atomic E-state index is 11.3. The third-order valence-corrected chi connectivity index (χ3v) is 13.9. The number of thiophene rings is 2. The van der Waals surface area contributed by atoms with E-state index in [9.17, 15) is 10.2 Å². The summed E-state index contributed by atoms with van der Waals surface area (Å²) in [4.78, 5) is 1.98. The Hall–Kier alpha value is -7.42. The number of phenols is 2. The molecule has 4 heterocycles. The van der Waals surface area contributed by atoms with Gasteiger partial charge in [-0.15, -0.1) is 46.9 Å². The Kier molecular flexibility index (Phi) is 15.9. The van der Waals surface area contributed by atoms with E-state index < -0.39 is 0 Å². The van der Waals surface area contributed by atoms with Gasteiger partial charge < -0.3 is 28.8 Å². The van der Waals surface area contributed by atoms with Crippen LogP contribution in [0.3, 0.4) is 0 Å². The fourth-order valence-corrected chi connectivity index (χ4v) is 10.7. The van der Waals surface area contributed by atoms with Crippen molar-refractivity contribution in [2.24, 2.45) is 0 Å². The number of aryl methyl sites for hydroxylation is 2. The number of fused-ring (bicyclic) bond motifs is 6. The monoisotopic (exact) mass is 1040 g/mol. The van der Waals surface area contributed by atoms with Gasteiger partial charge in [0, 0.05) is 81.8 Å². The van der Waals surface area contributed by atoms with Crippen LogP contribution in [0.5, 0.6) is 23.0 Å². The number of rotatable bonds is 6. The maximum Gasteiger partial charge on any atom is 0.273 e. The van der Waals surface area contributed by atoms with Crippen molar-refractivity contribution in [3.05, 3.63) is 241 Å². The topological polar surface area (TPSA) is 75.9 Å². The van der Waals surface area contributed by atoms with Crippen LogP contribution >= 0.6 is 22.7 Å². The molecule has 6 nitrogen and oxygen atoms in total. The van der Waals surface area contributed by atoms with E-state index in [-0.39, 0.29) is 37.7 Å². The van der Waals surface area contributed by atoms with Crippen LogP contribution in [0.2, 0.25) is 0 Å². The average molecular weight is 1050 g/mol. The normalized spacial score (nSPS) is 10.6. The summed E-state index contributed by atoms with van der Waals surface area (Å²) < 4.78 is 13.0. The van der Waals surface area contributed by atoms with Gasteiger partial charge in [-0.25, -0.2) is 0 Å². The molecule has 0 spiro atoms. The van der Waals surface area contributed by atoms with Gasteiger partial charge in [0.25, 0.3) is 11.5 Å². The van der Waals surface area contributed by atoms with Gasteiger partial charge in [-0.2, -0.15) is 49.2 Å². The van der Waals surface area contributed by atoms with Crippen molar-refractivity contribution in [3.8, 4) is 55.3 Å². The molecule has 0 saturated heterocycles. The van der Waals surface area contributed by atoms with E-state index in [0.717, 1.165) is 88.1 Å². The summed E-state index contributed by atoms with van der Waals surface area (Å²) >= 11 is 3.20. The van der Waals surface area contributed by atoms with E-state index in [0.29, 0.717) is 0 Å². The van der Waals surface area contributed by atoms with Crippen LogP contribution < -0.4 is 0 Å². The molecule has 12 rings (SSSR count). The second kappa shape index (κ2) is 22.6. The largest absolute Gasteiger partial charge is 0.584 e. The number of nitrogens with zero attached hydrogens (tertiary/aromatic N) is 2. The SMILES string of the molecule is C[OH+]c1ccsc1-c1cc(C)cc(-n2c3ccccc3c3ccccc32)c1O.C[OH+]c1ccsc1-c1cc(C)cc(-n2c3ccccc3c3ccccc32)c1O.[CH2-]c1ccccc1.[CH2-]c1ccccc1.[Zr]. The first-order chi connectivity index (χ1) is 34.2. The molecule has 0 aliphatic heterocycles. The summed E-state index contributed by atoms with van der Waals surface area (Å²) in [5, 5.41) is 31.4. The van der Waals surface area contributed by atoms with Gasteiger partial charge in [-0.3, -0.25) is 0 Å². The van der Waals surface area contributed by atoms with E-state index in [1.165, 1.54) is 21.5 Å². The van der Waals surface area contributed by atoms with Crippen LogP contribution in [0.4, 0.5) is 0 Å². The molecule has 71 heavy (non-hydrogen) atoms. The van der Waals surface area contributed by atoms with Gasteiger partial charge in [0.1, 0.15) is 21.3 Å².